The first kappa shape index (κ1) is 13.1. The second-order valence-corrected chi connectivity index (χ2v) is 4.37. The third-order valence-electron chi connectivity index (χ3n) is 2.31. The van der Waals surface area contributed by atoms with Crippen LogP contribution in [0.25, 0.3) is 0 Å². The summed E-state index contributed by atoms with van der Waals surface area (Å²) >= 11 is 11.6. The molecule has 5 heteroatoms. The fourth-order valence-corrected chi connectivity index (χ4v) is 1.31. The molecular weight excluding hydrogens is 247 g/mol. The standard InChI is InChI=1S/C11H14Cl2N2O/c1-3-7(2)11(16)15-14-8-4-5-9(12)10(13)6-8/h4-7,14H,3H2,1-2H3,(H,15,16). The zero-order chi connectivity index (χ0) is 12.1. The monoisotopic (exact) mass is 260 g/mol. The predicted octanol–water partition coefficient (Wildman–Crippen LogP) is 3.48. The Morgan fingerprint density at radius 1 is 1.38 bits per heavy atom. The van der Waals surface area contributed by atoms with E-state index in [1.165, 1.54) is 0 Å². The van der Waals surface area contributed by atoms with E-state index in [1.54, 1.807) is 18.2 Å². The summed E-state index contributed by atoms with van der Waals surface area (Å²) in [5.41, 5.74) is 6.09. The number of carbonyl (C=O) groups excluding carboxylic acids is 1. The maximum absolute atomic E-state index is 11.5. The lowest BCUT2D eigenvalue weighted by Crippen LogP contribution is -2.33. The molecule has 0 saturated carbocycles. The van der Waals surface area contributed by atoms with Crippen molar-refractivity contribution >= 4 is 34.8 Å². The van der Waals surface area contributed by atoms with Gasteiger partial charge in [-0.05, 0) is 24.6 Å². The van der Waals surface area contributed by atoms with Crippen LogP contribution in [0, 0.1) is 5.92 Å². The largest absolute Gasteiger partial charge is 0.299 e. The van der Waals surface area contributed by atoms with Crippen molar-refractivity contribution in [1.82, 2.24) is 5.43 Å². The molecule has 0 heterocycles. The number of amides is 1. The van der Waals surface area contributed by atoms with Gasteiger partial charge in [-0.2, -0.15) is 0 Å². The van der Waals surface area contributed by atoms with E-state index in [9.17, 15) is 4.79 Å². The van der Waals surface area contributed by atoms with Gasteiger partial charge in [0.2, 0.25) is 5.91 Å². The Morgan fingerprint density at radius 2 is 2.06 bits per heavy atom. The summed E-state index contributed by atoms with van der Waals surface area (Å²) in [6, 6.07) is 5.06. The Bertz CT molecular complexity index is 382. The molecule has 0 aliphatic heterocycles. The summed E-state index contributed by atoms with van der Waals surface area (Å²) < 4.78 is 0. The number of rotatable bonds is 4. The number of hydrogen-bond acceptors (Lipinski definition) is 2. The Morgan fingerprint density at radius 3 is 2.62 bits per heavy atom. The van der Waals surface area contributed by atoms with Gasteiger partial charge >= 0.3 is 0 Å². The first-order valence-corrected chi connectivity index (χ1v) is 5.81. The molecule has 2 N–H and O–H groups in total. The van der Waals surface area contributed by atoms with Crippen LogP contribution in [0.2, 0.25) is 10.0 Å². The van der Waals surface area contributed by atoms with Crippen LogP contribution in [0.4, 0.5) is 5.69 Å². The quantitative estimate of drug-likeness (QED) is 0.814. The minimum atomic E-state index is -0.0476. The first-order chi connectivity index (χ1) is 7.54. The van der Waals surface area contributed by atoms with Crippen LogP contribution >= 0.6 is 23.2 Å². The van der Waals surface area contributed by atoms with Gasteiger partial charge < -0.3 is 0 Å². The molecule has 0 bridgehead atoms. The molecule has 0 aliphatic carbocycles. The molecular formula is C11H14Cl2N2O. The third-order valence-corrected chi connectivity index (χ3v) is 3.05. The zero-order valence-corrected chi connectivity index (χ0v) is 10.7. The molecule has 1 unspecified atom stereocenters. The number of nitrogens with one attached hydrogen (secondary N) is 2. The topological polar surface area (TPSA) is 41.1 Å². The van der Waals surface area contributed by atoms with Gasteiger partial charge in [0.15, 0.2) is 0 Å². The van der Waals surface area contributed by atoms with Gasteiger partial charge in [0.1, 0.15) is 0 Å². The molecule has 0 aliphatic rings. The number of carbonyl (C=O) groups is 1. The highest BCUT2D eigenvalue weighted by molar-refractivity contribution is 6.42. The second-order valence-electron chi connectivity index (χ2n) is 3.55. The summed E-state index contributed by atoms with van der Waals surface area (Å²) in [7, 11) is 0. The number of hydrogen-bond donors (Lipinski definition) is 2. The van der Waals surface area contributed by atoms with Crippen LogP contribution < -0.4 is 10.9 Å². The van der Waals surface area contributed by atoms with Crippen LogP contribution in [0.5, 0.6) is 0 Å². The highest BCUT2D eigenvalue weighted by atomic mass is 35.5. The maximum atomic E-state index is 11.5. The first-order valence-electron chi connectivity index (χ1n) is 5.05. The van der Waals surface area contributed by atoms with Crippen molar-refractivity contribution in [3.8, 4) is 0 Å². The Kier molecular flexibility index (Phi) is 4.90. The molecule has 16 heavy (non-hydrogen) atoms. The average molecular weight is 261 g/mol. The second kappa shape index (κ2) is 5.97. The van der Waals surface area contributed by atoms with Gasteiger partial charge in [0.05, 0.1) is 15.7 Å². The van der Waals surface area contributed by atoms with Gasteiger partial charge in [0.25, 0.3) is 0 Å². The lowest BCUT2D eigenvalue weighted by Gasteiger charge is -2.12. The maximum Gasteiger partial charge on any atom is 0.241 e. The van der Waals surface area contributed by atoms with Crippen LogP contribution in [0.15, 0.2) is 18.2 Å². The molecule has 88 valence electrons. The summed E-state index contributed by atoms with van der Waals surface area (Å²) in [6.07, 6.45) is 0.800. The molecule has 1 aromatic rings. The smallest absolute Gasteiger partial charge is 0.241 e. The van der Waals surface area contributed by atoms with E-state index in [0.717, 1.165) is 6.42 Å². The van der Waals surface area contributed by atoms with E-state index in [-0.39, 0.29) is 11.8 Å². The van der Waals surface area contributed by atoms with Gasteiger partial charge in [-0.25, -0.2) is 0 Å². The van der Waals surface area contributed by atoms with Gasteiger partial charge in [-0.15, -0.1) is 0 Å². The number of anilines is 1. The highest BCUT2D eigenvalue weighted by Crippen LogP contribution is 2.24. The molecule has 1 atom stereocenters. The summed E-state index contributed by atoms with van der Waals surface area (Å²) in [4.78, 5) is 11.5. The number of hydrazine groups is 1. The van der Waals surface area contributed by atoms with Crippen molar-refractivity contribution in [2.45, 2.75) is 20.3 Å². The van der Waals surface area contributed by atoms with Crippen LogP contribution in [-0.2, 0) is 4.79 Å². The van der Waals surface area contributed by atoms with Crippen molar-refractivity contribution in [1.29, 1.82) is 0 Å². The zero-order valence-electron chi connectivity index (χ0n) is 9.18. The van der Waals surface area contributed by atoms with Crippen molar-refractivity contribution in [3.05, 3.63) is 28.2 Å². The van der Waals surface area contributed by atoms with Gasteiger partial charge in [-0.3, -0.25) is 15.6 Å². The fraction of sp³-hybridized carbons (Fsp3) is 0.364. The van der Waals surface area contributed by atoms with E-state index in [2.05, 4.69) is 10.9 Å². The van der Waals surface area contributed by atoms with Crippen LogP contribution in [-0.4, -0.2) is 5.91 Å². The molecule has 0 aromatic heterocycles. The Labute approximate surface area is 105 Å². The van der Waals surface area contributed by atoms with Gasteiger partial charge in [-0.1, -0.05) is 37.0 Å². The summed E-state index contributed by atoms with van der Waals surface area (Å²) in [5.74, 6) is -0.0659. The van der Waals surface area contributed by atoms with E-state index < -0.39 is 0 Å². The van der Waals surface area contributed by atoms with Crippen molar-refractivity contribution < 1.29 is 4.79 Å². The van der Waals surface area contributed by atoms with E-state index >= 15 is 0 Å². The van der Waals surface area contributed by atoms with E-state index in [4.69, 9.17) is 23.2 Å². The normalized spacial score (nSPS) is 12.0. The minimum Gasteiger partial charge on any atom is -0.299 e. The average Bonchev–Trinajstić information content (AvgIpc) is 2.29. The molecule has 3 nitrogen and oxygen atoms in total. The fourth-order valence-electron chi connectivity index (χ4n) is 1.02. The lowest BCUT2D eigenvalue weighted by molar-refractivity contribution is -0.124. The van der Waals surface area contributed by atoms with Crippen molar-refractivity contribution in [2.75, 3.05) is 5.43 Å². The van der Waals surface area contributed by atoms with Crippen molar-refractivity contribution in [3.63, 3.8) is 0 Å². The number of benzene rings is 1. The molecule has 0 fully saturated rings. The molecule has 1 rings (SSSR count). The van der Waals surface area contributed by atoms with E-state index in [0.29, 0.717) is 15.7 Å². The number of halogens is 2. The highest BCUT2D eigenvalue weighted by Gasteiger charge is 2.09. The molecule has 0 radical (unpaired) electrons. The molecule has 1 aromatic carbocycles. The Hall–Kier alpha value is -0.930. The lowest BCUT2D eigenvalue weighted by atomic mass is 10.1. The van der Waals surface area contributed by atoms with E-state index in [1.807, 2.05) is 13.8 Å². The molecule has 1 amide bonds. The van der Waals surface area contributed by atoms with Crippen LogP contribution in [0.3, 0.4) is 0 Å². The molecule has 0 saturated heterocycles. The van der Waals surface area contributed by atoms with Crippen molar-refractivity contribution in [2.24, 2.45) is 5.92 Å². The van der Waals surface area contributed by atoms with Crippen LogP contribution in [0.1, 0.15) is 20.3 Å². The summed E-state index contributed by atoms with van der Waals surface area (Å²) in [6.45, 7) is 3.83. The Balaban J connectivity index is 2.55. The third kappa shape index (κ3) is 3.58. The predicted molar refractivity (Wildman–Crippen MR) is 67.7 cm³/mol. The molecule has 0 spiro atoms. The SMILES string of the molecule is CCC(C)C(=O)NNc1ccc(Cl)c(Cl)c1. The minimum absolute atomic E-state index is 0.0183. The van der Waals surface area contributed by atoms with Gasteiger partial charge in [0, 0.05) is 5.92 Å². The summed E-state index contributed by atoms with van der Waals surface area (Å²) in [5, 5.41) is 0.935.